The van der Waals surface area contributed by atoms with E-state index in [9.17, 15) is 0 Å². The van der Waals surface area contributed by atoms with Gasteiger partial charge in [0.25, 0.3) is 0 Å². The van der Waals surface area contributed by atoms with E-state index in [1.54, 1.807) is 0 Å². The second-order valence-corrected chi connectivity index (χ2v) is 5.75. The Bertz CT molecular complexity index is 540. The van der Waals surface area contributed by atoms with E-state index in [0.717, 1.165) is 13.0 Å². The van der Waals surface area contributed by atoms with Gasteiger partial charge in [-0.25, -0.2) is 0 Å². The van der Waals surface area contributed by atoms with Crippen LogP contribution in [0, 0.1) is 0 Å². The molecule has 2 aromatic carbocycles. The fourth-order valence-electron chi connectivity index (χ4n) is 2.43. The van der Waals surface area contributed by atoms with Crippen molar-refractivity contribution in [3.8, 4) is 0 Å². The quantitative estimate of drug-likeness (QED) is 0.864. The zero-order valence-corrected chi connectivity index (χ0v) is 11.9. The van der Waals surface area contributed by atoms with Crippen molar-refractivity contribution in [2.24, 2.45) is 0 Å². The van der Waals surface area contributed by atoms with E-state index in [1.165, 1.54) is 11.1 Å². The molecular weight excluding hydrogens is 246 g/mol. The van der Waals surface area contributed by atoms with Crippen LogP contribution in [0.1, 0.15) is 24.5 Å². The average Bonchev–Trinajstić information content (AvgIpc) is 3.16. The van der Waals surface area contributed by atoms with E-state index in [2.05, 4.69) is 60.8 Å². The summed E-state index contributed by atoms with van der Waals surface area (Å²) in [5.74, 6) is 0. The fraction of sp³-hybridized carbons (Fsp3) is 0.333. The van der Waals surface area contributed by atoms with Crippen LogP contribution in [0.4, 0.5) is 0 Å². The van der Waals surface area contributed by atoms with Gasteiger partial charge in [-0.15, -0.1) is 0 Å². The molecule has 1 saturated carbocycles. The van der Waals surface area contributed by atoms with E-state index in [1.807, 2.05) is 12.1 Å². The molecule has 1 N–H and O–H groups in total. The maximum absolute atomic E-state index is 5.98. The Balaban J connectivity index is 1.45. The van der Waals surface area contributed by atoms with Crippen LogP contribution in [0.15, 0.2) is 60.7 Å². The number of rotatable bonds is 6. The van der Waals surface area contributed by atoms with Crippen LogP contribution < -0.4 is 5.32 Å². The highest BCUT2D eigenvalue weighted by atomic mass is 16.5. The minimum Gasteiger partial charge on any atom is -0.372 e. The summed E-state index contributed by atoms with van der Waals surface area (Å²) in [5.41, 5.74) is 2.69. The lowest BCUT2D eigenvalue weighted by atomic mass is 10.2. The van der Waals surface area contributed by atoms with E-state index in [4.69, 9.17) is 4.74 Å². The molecule has 20 heavy (non-hydrogen) atoms. The third-order valence-corrected chi connectivity index (χ3v) is 3.99. The maximum Gasteiger partial charge on any atom is 0.0777 e. The molecule has 0 aromatic heterocycles. The van der Waals surface area contributed by atoms with Crippen molar-refractivity contribution in [2.75, 3.05) is 0 Å². The van der Waals surface area contributed by atoms with Gasteiger partial charge in [0.1, 0.15) is 0 Å². The third kappa shape index (κ3) is 3.27. The smallest absolute Gasteiger partial charge is 0.0777 e. The van der Waals surface area contributed by atoms with Crippen LogP contribution >= 0.6 is 0 Å². The van der Waals surface area contributed by atoms with Gasteiger partial charge in [-0.1, -0.05) is 60.7 Å². The highest BCUT2D eigenvalue weighted by molar-refractivity contribution is 5.18. The Labute approximate surface area is 120 Å². The molecule has 0 radical (unpaired) electrons. The minimum absolute atomic E-state index is 0.130. The second-order valence-electron chi connectivity index (χ2n) is 5.75. The van der Waals surface area contributed by atoms with Crippen LogP contribution in [0.3, 0.4) is 0 Å². The SMILES string of the molecule is C[C@@]1(NCc2ccccc2)CC1OCc1ccccc1. The Morgan fingerprint density at radius 3 is 2.25 bits per heavy atom. The molecule has 0 heterocycles. The first-order valence-electron chi connectivity index (χ1n) is 7.21. The summed E-state index contributed by atoms with van der Waals surface area (Å²) in [7, 11) is 0. The first kappa shape index (κ1) is 13.3. The van der Waals surface area contributed by atoms with Crippen LogP contribution in [0.25, 0.3) is 0 Å². The molecule has 2 nitrogen and oxygen atoms in total. The molecule has 1 aliphatic rings. The standard InChI is InChI=1S/C18H21NO/c1-18(19-13-15-8-4-2-5-9-15)12-17(18)20-14-16-10-6-3-7-11-16/h2-11,17,19H,12-14H2,1H3/t17?,18-/m1/s1. The van der Waals surface area contributed by atoms with Crippen molar-refractivity contribution in [1.82, 2.24) is 5.32 Å². The molecule has 0 aliphatic heterocycles. The van der Waals surface area contributed by atoms with Crippen molar-refractivity contribution >= 4 is 0 Å². The summed E-state index contributed by atoms with van der Waals surface area (Å²) in [6.07, 6.45) is 1.42. The van der Waals surface area contributed by atoms with Gasteiger partial charge in [0.05, 0.1) is 12.7 Å². The molecule has 104 valence electrons. The van der Waals surface area contributed by atoms with E-state index in [-0.39, 0.29) is 5.54 Å². The molecule has 0 saturated heterocycles. The summed E-state index contributed by atoms with van der Waals surface area (Å²) in [4.78, 5) is 0. The van der Waals surface area contributed by atoms with Crippen LogP contribution in [0.2, 0.25) is 0 Å². The van der Waals surface area contributed by atoms with E-state index < -0.39 is 0 Å². The molecule has 2 heteroatoms. The van der Waals surface area contributed by atoms with Gasteiger partial charge in [0.2, 0.25) is 0 Å². The van der Waals surface area contributed by atoms with Crippen molar-refractivity contribution in [2.45, 2.75) is 38.1 Å². The second kappa shape index (κ2) is 5.78. The van der Waals surface area contributed by atoms with Crippen LogP contribution in [-0.2, 0) is 17.9 Å². The predicted octanol–water partition coefficient (Wildman–Crippen LogP) is 3.52. The van der Waals surface area contributed by atoms with Gasteiger partial charge in [-0.05, 0) is 24.5 Å². The Hall–Kier alpha value is -1.64. The summed E-state index contributed by atoms with van der Waals surface area (Å²) < 4.78 is 5.98. The molecule has 0 amide bonds. The molecule has 1 unspecified atom stereocenters. The third-order valence-electron chi connectivity index (χ3n) is 3.99. The van der Waals surface area contributed by atoms with E-state index >= 15 is 0 Å². The van der Waals surface area contributed by atoms with E-state index in [0.29, 0.717) is 12.7 Å². The van der Waals surface area contributed by atoms with Gasteiger partial charge in [-0.3, -0.25) is 0 Å². The molecule has 0 bridgehead atoms. The lowest BCUT2D eigenvalue weighted by Gasteiger charge is -2.14. The molecule has 1 fully saturated rings. The number of ether oxygens (including phenoxy) is 1. The monoisotopic (exact) mass is 267 g/mol. The van der Waals surface area contributed by atoms with Crippen molar-refractivity contribution in [3.05, 3.63) is 71.8 Å². The largest absolute Gasteiger partial charge is 0.372 e. The van der Waals surface area contributed by atoms with Gasteiger partial charge in [-0.2, -0.15) is 0 Å². The maximum atomic E-state index is 5.98. The lowest BCUT2D eigenvalue weighted by Crippen LogP contribution is -2.31. The summed E-state index contributed by atoms with van der Waals surface area (Å²) in [6.45, 7) is 3.85. The fourth-order valence-corrected chi connectivity index (χ4v) is 2.43. The predicted molar refractivity (Wildman–Crippen MR) is 81.3 cm³/mol. The normalized spacial score (nSPS) is 24.6. The zero-order valence-electron chi connectivity index (χ0n) is 11.9. The first-order valence-corrected chi connectivity index (χ1v) is 7.21. The highest BCUT2D eigenvalue weighted by Crippen LogP contribution is 2.39. The summed E-state index contributed by atoms with van der Waals surface area (Å²) in [6, 6.07) is 20.9. The summed E-state index contributed by atoms with van der Waals surface area (Å²) in [5, 5.41) is 3.61. The zero-order chi connectivity index (χ0) is 13.8. The number of benzene rings is 2. The van der Waals surface area contributed by atoms with Crippen LogP contribution in [-0.4, -0.2) is 11.6 Å². The minimum atomic E-state index is 0.130. The Kier molecular flexibility index (Phi) is 3.86. The van der Waals surface area contributed by atoms with Crippen LogP contribution in [0.5, 0.6) is 0 Å². The Morgan fingerprint density at radius 1 is 1.00 bits per heavy atom. The molecule has 1 aliphatic carbocycles. The van der Waals surface area contributed by atoms with Crippen molar-refractivity contribution in [1.29, 1.82) is 0 Å². The lowest BCUT2D eigenvalue weighted by molar-refractivity contribution is 0.0870. The summed E-state index contributed by atoms with van der Waals surface area (Å²) >= 11 is 0. The molecule has 3 rings (SSSR count). The van der Waals surface area contributed by atoms with Gasteiger partial charge >= 0.3 is 0 Å². The van der Waals surface area contributed by atoms with Crippen molar-refractivity contribution < 1.29 is 4.74 Å². The Morgan fingerprint density at radius 2 is 1.60 bits per heavy atom. The number of hydrogen-bond donors (Lipinski definition) is 1. The number of nitrogens with one attached hydrogen (secondary N) is 1. The van der Waals surface area contributed by atoms with Crippen molar-refractivity contribution in [3.63, 3.8) is 0 Å². The molecule has 2 atom stereocenters. The highest BCUT2D eigenvalue weighted by Gasteiger charge is 2.50. The van der Waals surface area contributed by atoms with Gasteiger partial charge in [0, 0.05) is 12.1 Å². The molecular formula is C18H21NO. The average molecular weight is 267 g/mol. The van der Waals surface area contributed by atoms with Gasteiger partial charge in [0.15, 0.2) is 0 Å². The molecule has 0 spiro atoms. The topological polar surface area (TPSA) is 21.3 Å². The number of hydrogen-bond acceptors (Lipinski definition) is 2. The molecule has 2 aromatic rings. The van der Waals surface area contributed by atoms with Gasteiger partial charge < -0.3 is 10.1 Å². The first-order chi connectivity index (χ1) is 9.76.